The summed E-state index contributed by atoms with van der Waals surface area (Å²) in [6.45, 7) is 1.70. The first-order valence-electron chi connectivity index (χ1n) is 4.35. The molecule has 1 heterocycles. The van der Waals surface area contributed by atoms with E-state index in [1.807, 2.05) is 16.7 Å². The molecule has 2 nitrogen and oxygen atoms in total. The maximum absolute atomic E-state index is 11.7. The number of thioether (sulfide) groups is 1. The molecule has 1 atom stereocenters. The predicted molar refractivity (Wildman–Crippen MR) is 56.4 cm³/mol. The average Bonchev–Trinajstić information content (AvgIpc) is 2.76. The summed E-state index contributed by atoms with van der Waals surface area (Å²) in [5, 5.41) is 0. The normalized spacial score (nSPS) is 31.5. The van der Waals surface area contributed by atoms with Crippen molar-refractivity contribution >= 4 is 40.9 Å². The lowest BCUT2D eigenvalue weighted by Gasteiger charge is -2.26. The summed E-state index contributed by atoms with van der Waals surface area (Å²) < 4.78 is -0.762. The summed E-state index contributed by atoms with van der Waals surface area (Å²) in [4.78, 5) is 13.6. The molecular weight excluding hydrogens is 229 g/mol. The molecule has 74 valence electrons. The molecule has 1 saturated carbocycles. The molecule has 1 amide bonds. The van der Waals surface area contributed by atoms with E-state index in [4.69, 9.17) is 23.2 Å². The number of amides is 1. The van der Waals surface area contributed by atoms with E-state index in [2.05, 4.69) is 0 Å². The van der Waals surface area contributed by atoms with Gasteiger partial charge in [-0.2, -0.15) is 11.8 Å². The van der Waals surface area contributed by atoms with Gasteiger partial charge in [-0.3, -0.25) is 4.79 Å². The zero-order valence-electron chi connectivity index (χ0n) is 7.13. The number of nitrogens with zero attached hydrogens (tertiary/aromatic N) is 1. The van der Waals surface area contributed by atoms with Gasteiger partial charge in [0.25, 0.3) is 0 Å². The molecule has 1 saturated heterocycles. The largest absolute Gasteiger partial charge is 0.341 e. The Hall–Kier alpha value is 0.400. The fourth-order valence-corrected chi connectivity index (χ4v) is 2.88. The summed E-state index contributed by atoms with van der Waals surface area (Å²) >= 11 is 13.6. The van der Waals surface area contributed by atoms with Gasteiger partial charge in [0.2, 0.25) is 5.91 Å². The van der Waals surface area contributed by atoms with Gasteiger partial charge in [0.15, 0.2) is 0 Å². The number of hydrogen-bond acceptors (Lipinski definition) is 2. The number of halogens is 2. The number of alkyl halides is 2. The lowest BCUT2D eigenvalue weighted by atomic mass is 10.3. The van der Waals surface area contributed by atoms with E-state index in [9.17, 15) is 4.79 Å². The molecule has 0 aromatic rings. The van der Waals surface area contributed by atoms with Crippen LogP contribution in [0.5, 0.6) is 0 Å². The van der Waals surface area contributed by atoms with Gasteiger partial charge < -0.3 is 4.90 Å². The van der Waals surface area contributed by atoms with Crippen molar-refractivity contribution < 1.29 is 4.79 Å². The zero-order valence-corrected chi connectivity index (χ0v) is 9.46. The average molecular weight is 240 g/mol. The first-order chi connectivity index (χ1) is 6.11. The van der Waals surface area contributed by atoms with Crippen molar-refractivity contribution in [1.29, 1.82) is 0 Å². The third kappa shape index (κ3) is 2.08. The van der Waals surface area contributed by atoms with Gasteiger partial charge in [-0.05, 0) is 6.42 Å². The molecule has 0 radical (unpaired) electrons. The molecule has 2 rings (SSSR count). The van der Waals surface area contributed by atoms with Gasteiger partial charge in [-0.25, -0.2) is 0 Å². The number of hydrogen-bond donors (Lipinski definition) is 0. The van der Waals surface area contributed by atoms with Gasteiger partial charge in [-0.1, -0.05) is 0 Å². The monoisotopic (exact) mass is 239 g/mol. The maximum atomic E-state index is 11.7. The Morgan fingerprint density at radius 2 is 1.92 bits per heavy atom. The Morgan fingerprint density at radius 3 is 2.38 bits per heavy atom. The SMILES string of the molecule is O=C(C1CC1(Cl)Cl)N1CCSCC1. The fraction of sp³-hybridized carbons (Fsp3) is 0.875. The number of carbonyl (C=O) groups is 1. The molecule has 0 bridgehead atoms. The summed E-state index contributed by atoms with van der Waals surface area (Å²) in [7, 11) is 0. The molecular formula is C8H11Cl2NOS. The van der Waals surface area contributed by atoms with Gasteiger partial charge in [0.05, 0.1) is 5.92 Å². The topological polar surface area (TPSA) is 20.3 Å². The van der Waals surface area contributed by atoms with Crippen LogP contribution in [-0.2, 0) is 4.79 Å². The van der Waals surface area contributed by atoms with Crippen LogP contribution in [0.3, 0.4) is 0 Å². The third-order valence-corrected chi connectivity index (χ3v) is 4.22. The molecule has 0 aromatic heterocycles. The van der Waals surface area contributed by atoms with Crippen molar-refractivity contribution in [2.45, 2.75) is 10.8 Å². The Labute approximate surface area is 91.9 Å². The predicted octanol–water partition coefficient (Wildman–Crippen LogP) is 1.76. The van der Waals surface area contributed by atoms with E-state index >= 15 is 0 Å². The van der Waals surface area contributed by atoms with Crippen molar-refractivity contribution in [3.05, 3.63) is 0 Å². The molecule has 2 aliphatic rings. The fourth-order valence-electron chi connectivity index (χ4n) is 1.49. The summed E-state index contributed by atoms with van der Waals surface area (Å²) in [5.41, 5.74) is 0. The summed E-state index contributed by atoms with van der Waals surface area (Å²) in [6, 6.07) is 0. The van der Waals surface area contributed by atoms with Gasteiger partial charge in [0, 0.05) is 24.6 Å². The Balaban J connectivity index is 1.90. The van der Waals surface area contributed by atoms with Crippen LogP contribution in [0, 0.1) is 5.92 Å². The van der Waals surface area contributed by atoms with E-state index in [-0.39, 0.29) is 11.8 Å². The Morgan fingerprint density at radius 1 is 1.38 bits per heavy atom. The minimum absolute atomic E-state index is 0.140. The Bertz CT molecular complexity index is 228. The first-order valence-corrected chi connectivity index (χ1v) is 6.27. The number of carbonyl (C=O) groups excluding carboxylic acids is 1. The molecule has 5 heteroatoms. The lowest BCUT2D eigenvalue weighted by Crippen LogP contribution is -2.39. The smallest absolute Gasteiger partial charge is 0.228 e. The molecule has 1 aliphatic heterocycles. The second-order valence-corrected chi connectivity index (χ2v) is 6.22. The van der Waals surface area contributed by atoms with Crippen molar-refractivity contribution in [3.8, 4) is 0 Å². The van der Waals surface area contributed by atoms with Crippen LogP contribution in [0.15, 0.2) is 0 Å². The standard InChI is InChI=1S/C8H11Cl2NOS/c9-8(10)5-6(8)7(12)11-1-3-13-4-2-11/h6H,1-5H2. The summed E-state index contributed by atoms with van der Waals surface area (Å²) in [6.07, 6.45) is 0.624. The third-order valence-electron chi connectivity index (χ3n) is 2.45. The molecule has 0 spiro atoms. The quantitative estimate of drug-likeness (QED) is 0.651. The van der Waals surface area contributed by atoms with Crippen LogP contribution < -0.4 is 0 Å². The zero-order chi connectivity index (χ0) is 9.47. The van der Waals surface area contributed by atoms with E-state index in [0.29, 0.717) is 6.42 Å². The molecule has 13 heavy (non-hydrogen) atoms. The first kappa shape index (κ1) is 9.94. The number of rotatable bonds is 1. The molecule has 2 fully saturated rings. The highest BCUT2D eigenvalue weighted by Gasteiger charge is 2.57. The van der Waals surface area contributed by atoms with Crippen molar-refractivity contribution in [3.63, 3.8) is 0 Å². The van der Waals surface area contributed by atoms with E-state index in [0.717, 1.165) is 24.6 Å². The van der Waals surface area contributed by atoms with Crippen LogP contribution in [0.1, 0.15) is 6.42 Å². The minimum Gasteiger partial charge on any atom is -0.341 e. The maximum Gasteiger partial charge on any atom is 0.228 e. The Kier molecular flexibility index (Phi) is 2.69. The van der Waals surface area contributed by atoms with Crippen LogP contribution >= 0.6 is 35.0 Å². The van der Waals surface area contributed by atoms with Crippen molar-refractivity contribution in [2.75, 3.05) is 24.6 Å². The highest BCUT2D eigenvalue weighted by atomic mass is 35.5. The second kappa shape index (κ2) is 3.52. The van der Waals surface area contributed by atoms with Gasteiger partial charge in [0.1, 0.15) is 4.33 Å². The molecule has 0 aromatic carbocycles. The van der Waals surface area contributed by atoms with Crippen LogP contribution in [0.4, 0.5) is 0 Å². The van der Waals surface area contributed by atoms with Crippen molar-refractivity contribution in [2.24, 2.45) is 5.92 Å². The summed E-state index contributed by atoms with van der Waals surface area (Å²) in [5.74, 6) is 2.08. The molecule has 1 unspecified atom stereocenters. The van der Waals surface area contributed by atoms with Crippen molar-refractivity contribution in [1.82, 2.24) is 4.90 Å². The highest BCUT2D eigenvalue weighted by molar-refractivity contribution is 7.99. The van der Waals surface area contributed by atoms with E-state index in [1.165, 1.54) is 0 Å². The van der Waals surface area contributed by atoms with Crippen LogP contribution in [-0.4, -0.2) is 39.7 Å². The van der Waals surface area contributed by atoms with E-state index < -0.39 is 4.33 Å². The highest BCUT2D eigenvalue weighted by Crippen LogP contribution is 2.53. The van der Waals surface area contributed by atoms with Crippen LogP contribution in [0.2, 0.25) is 0 Å². The van der Waals surface area contributed by atoms with Crippen LogP contribution in [0.25, 0.3) is 0 Å². The van der Waals surface area contributed by atoms with Gasteiger partial charge >= 0.3 is 0 Å². The molecule has 0 N–H and O–H groups in total. The molecule has 1 aliphatic carbocycles. The minimum atomic E-state index is -0.762. The second-order valence-electron chi connectivity index (χ2n) is 3.46. The van der Waals surface area contributed by atoms with E-state index in [1.54, 1.807) is 0 Å². The van der Waals surface area contributed by atoms with Gasteiger partial charge in [-0.15, -0.1) is 23.2 Å². The lowest BCUT2D eigenvalue weighted by molar-refractivity contribution is -0.132.